The first kappa shape index (κ1) is 19.4. The minimum atomic E-state index is -1.41. The minimum Gasteiger partial charge on any atom is -0.493 e. The fourth-order valence-electron chi connectivity index (χ4n) is 2.88. The van der Waals surface area contributed by atoms with Crippen molar-refractivity contribution in [3.8, 4) is 5.75 Å². The number of rotatable bonds is 9. The molecule has 0 radical (unpaired) electrons. The molecule has 1 saturated heterocycles. The molecule has 1 amide bonds. The standard InChI is InChI=1S/C18H26Cl2N2O2/c1-4-5-12-22-16(18(19,20)17(22)23)14-9-6-7-10-15(14)24-13-8-11-21(2)3/h6-7,9-10,16H,4-5,8,11-13H2,1-3H3. The van der Waals surface area contributed by atoms with Crippen LogP contribution < -0.4 is 4.74 Å². The van der Waals surface area contributed by atoms with Crippen molar-refractivity contribution in [3.05, 3.63) is 29.8 Å². The first-order valence-electron chi connectivity index (χ1n) is 8.45. The Bertz CT molecular complexity index is 564. The van der Waals surface area contributed by atoms with Crippen LogP contribution in [0.4, 0.5) is 0 Å². The maximum Gasteiger partial charge on any atom is 0.262 e. The Labute approximate surface area is 154 Å². The van der Waals surface area contributed by atoms with Crippen molar-refractivity contribution in [1.29, 1.82) is 0 Å². The van der Waals surface area contributed by atoms with Gasteiger partial charge in [-0.15, -0.1) is 0 Å². The number of hydrogen-bond acceptors (Lipinski definition) is 3. The second-order valence-electron chi connectivity index (χ2n) is 6.42. The van der Waals surface area contributed by atoms with Crippen molar-refractivity contribution in [2.45, 2.75) is 36.6 Å². The van der Waals surface area contributed by atoms with Crippen molar-refractivity contribution < 1.29 is 9.53 Å². The summed E-state index contributed by atoms with van der Waals surface area (Å²) in [7, 11) is 4.07. The average Bonchev–Trinajstić information content (AvgIpc) is 2.55. The van der Waals surface area contributed by atoms with E-state index in [1.807, 2.05) is 38.4 Å². The largest absolute Gasteiger partial charge is 0.493 e. The van der Waals surface area contributed by atoms with Crippen LogP contribution in [0.2, 0.25) is 0 Å². The van der Waals surface area contributed by atoms with Crippen LogP contribution in [0.1, 0.15) is 37.8 Å². The molecule has 1 fully saturated rings. The van der Waals surface area contributed by atoms with Gasteiger partial charge in [-0.3, -0.25) is 4.79 Å². The molecule has 6 heteroatoms. The second-order valence-corrected chi connectivity index (χ2v) is 7.81. The third-order valence-electron chi connectivity index (χ3n) is 4.17. The lowest BCUT2D eigenvalue weighted by molar-refractivity contribution is -0.148. The summed E-state index contributed by atoms with van der Waals surface area (Å²) in [5.74, 6) is 0.535. The Hall–Kier alpha value is -0.970. The molecule has 24 heavy (non-hydrogen) atoms. The molecule has 0 aliphatic carbocycles. The van der Waals surface area contributed by atoms with Crippen molar-refractivity contribution >= 4 is 29.1 Å². The van der Waals surface area contributed by atoms with Crippen molar-refractivity contribution in [1.82, 2.24) is 9.80 Å². The molecular formula is C18H26Cl2N2O2. The Morgan fingerprint density at radius 2 is 1.96 bits per heavy atom. The van der Waals surface area contributed by atoms with E-state index in [9.17, 15) is 4.79 Å². The van der Waals surface area contributed by atoms with E-state index in [1.54, 1.807) is 4.90 Å². The highest BCUT2D eigenvalue weighted by Crippen LogP contribution is 2.52. The molecule has 1 unspecified atom stereocenters. The van der Waals surface area contributed by atoms with Crippen molar-refractivity contribution in [2.24, 2.45) is 0 Å². The molecule has 1 aliphatic heterocycles. The predicted octanol–water partition coefficient (Wildman–Crippen LogP) is 3.87. The Balaban J connectivity index is 2.13. The van der Waals surface area contributed by atoms with E-state index >= 15 is 0 Å². The molecule has 1 aromatic carbocycles. The molecule has 1 aromatic rings. The van der Waals surface area contributed by atoms with E-state index in [0.717, 1.165) is 37.1 Å². The summed E-state index contributed by atoms with van der Waals surface area (Å²) in [6.07, 6.45) is 2.87. The van der Waals surface area contributed by atoms with Gasteiger partial charge in [0.25, 0.3) is 5.91 Å². The van der Waals surface area contributed by atoms with Gasteiger partial charge < -0.3 is 14.5 Å². The molecule has 134 valence electrons. The number of para-hydroxylation sites is 1. The Morgan fingerprint density at radius 1 is 1.25 bits per heavy atom. The number of halogens is 2. The van der Waals surface area contributed by atoms with Crippen LogP contribution in [0.15, 0.2) is 24.3 Å². The summed E-state index contributed by atoms with van der Waals surface area (Å²) in [6, 6.07) is 7.34. The number of ether oxygens (including phenoxy) is 1. The second kappa shape index (κ2) is 8.41. The van der Waals surface area contributed by atoms with E-state index in [-0.39, 0.29) is 11.9 Å². The van der Waals surface area contributed by atoms with E-state index in [2.05, 4.69) is 11.8 Å². The topological polar surface area (TPSA) is 32.8 Å². The Kier molecular flexibility index (Phi) is 6.79. The van der Waals surface area contributed by atoms with E-state index in [0.29, 0.717) is 13.2 Å². The van der Waals surface area contributed by atoms with Crippen LogP contribution in [0.25, 0.3) is 0 Å². The molecule has 0 aromatic heterocycles. The summed E-state index contributed by atoms with van der Waals surface area (Å²) in [6.45, 7) is 4.33. The van der Waals surface area contributed by atoms with Gasteiger partial charge in [0.1, 0.15) is 11.8 Å². The van der Waals surface area contributed by atoms with Gasteiger partial charge in [-0.25, -0.2) is 0 Å². The number of benzene rings is 1. The van der Waals surface area contributed by atoms with Gasteiger partial charge in [0.15, 0.2) is 0 Å². The summed E-state index contributed by atoms with van der Waals surface area (Å²) in [5, 5.41) is 0. The molecule has 0 spiro atoms. The van der Waals surface area contributed by atoms with Crippen molar-refractivity contribution in [2.75, 3.05) is 33.8 Å². The fourth-order valence-corrected chi connectivity index (χ4v) is 3.57. The maximum absolute atomic E-state index is 12.2. The lowest BCUT2D eigenvalue weighted by atomic mass is 9.91. The quantitative estimate of drug-likeness (QED) is 0.374. The zero-order valence-corrected chi connectivity index (χ0v) is 16.1. The molecule has 0 N–H and O–H groups in total. The number of carbonyl (C=O) groups excluding carboxylic acids is 1. The van der Waals surface area contributed by atoms with Gasteiger partial charge >= 0.3 is 0 Å². The van der Waals surface area contributed by atoms with E-state index in [4.69, 9.17) is 27.9 Å². The lowest BCUT2D eigenvalue weighted by Crippen LogP contribution is -2.62. The first-order valence-corrected chi connectivity index (χ1v) is 9.20. The predicted molar refractivity (Wildman–Crippen MR) is 98.9 cm³/mol. The maximum atomic E-state index is 12.2. The normalized spacial score (nSPS) is 19.5. The monoisotopic (exact) mass is 372 g/mol. The molecule has 0 bridgehead atoms. The number of alkyl halides is 2. The number of likely N-dealkylation sites (tertiary alicyclic amines) is 1. The molecule has 1 heterocycles. The van der Waals surface area contributed by atoms with Gasteiger partial charge in [0.05, 0.1) is 6.61 Å². The van der Waals surface area contributed by atoms with Crippen LogP contribution in [0.5, 0.6) is 5.75 Å². The zero-order chi connectivity index (χ0) is 17.7. The Morgan fingerprint density at radius 3 is 2.62 bits per heavy atom. The third-order valence-corrected chi connectivity index (χ3v) is 4.91. The zero-order valence-electron chi connectivity index (χ0n) is 14.6. The molecule has 1 aliphatic rings. The van der Waals surface area contributed by atoms with Gasteiger partial charge in [0.2, 0.25) is 4.33 Å². The minimum absolute atomic E-state index is 0.216. The summed E-state index contributed by atoms with van der Waals surface area (Å²) in [4.78, 5) is 16.1. The smallest absolute Gasteiger partial charge is 0.262 e. The summed E-state index contributed by atoms with van der Waals surface area (Å²) < 4.78 is 4.54. The van der Waals surface area contributed by atoms with Gasteiger partial charge in [-0.05, 0) is 33.0 Å². The number of hydrogen-bond donors (Lipinski definition) is 0. The summed E-state index contributed by atoms with van der Waals surface area (Å²) >= 11 is 12.6. The molecule has 0 saturated carbocycles. The van der Waals surface area contributed by atoms with E-state index in [1.165, 1.54) is 0 Å². The number of nitrogens with zero attached hydrogens (tertiary/aromatic N) is 2. The fraction of sp³-hybridized carbons (Fsp3) is 0.611. The number of amides is 1. The van der Waals surface area contributed by atoms with Crippen LogP contribution in [-0.2, 0) is 4.79 Å². The number of β-lactam (4-membered cyclic amide) rings is 1. The summed E-state index contributed by atoms with van der Waals surface area (Å²) in [5.41, 5.74) is 0.878. The lowest BCUT2D eigenvalue weighted by Gasteiger charge is -2.49. The van der Waals surface area contributed by atoms with Gasteiger partial charge in [-0.1, -0.05) is 54.7 Å². The number of unbranched alkanes of at least 4 members (excludes halogenated alkanes) is 1. The van der Waals surface area contributed by atoms with E-state index < -0.39 is 4.33 Å². The molecular weight excluding hydrogens is 347 g/mol. The van der Waals surface area contributed by atoms with Crippen LogP contribution in [0, 0.1) is 0 Å². The first-order chi connectivity index (χ1) is 11.4. The highest BCUT2D eigenvalue weighted by atomic mass is 35.5. The molecule has 1 atom stereocenters. The average molecular weight is 373 g/mol. The molecule has 2 rings (SSSR count). The third kappa shape index (κ3) is 4.16. The SMILES string of the molecule is CCCCN1C(=O)C(Cl)(Cl)C1c1ccccc1OCCCN(C)C. The molecule has 4 nitrogen and oxygen atoms in total. The number of carbonyl (C=O) groups is 1. The van der Waals surface area contributed by atoms with Crippen LogP contribution in [-0.4, -0.2) is 53.8 Å². The van der Waals surface area contributed by atoms with Gasteiger partial charge in [0, 0.05) is 18.7 Å². The van der Waals surface area contributed by atoms with Crippen LogP contribution in [0.3, 0.4) is 0 Å². The highest BCUT2D eigenvalue weighted by molar-refractivity contribution is 6.60. The van der Waals surface area contributed by atoms with Crippen LogP contribution >= 0.6 is 23.2 Å². The van der Waals surface area contributed by atoms with Gasteiger partial charge in [-0.2, -0.15) is 0 Å². The van der Waals surface area contributed by atoms with Crippen molar-refractivity contribution in [3.63, 3.8) is 0 Å². The highest BCUT2D eigenvalue weighted by Gasteiger charge is 2.60.